The fourth-order valence-electron chi connectivity index (χ4n) is 0.755. The lowest BCUT2D eigenvalue weighted by Gasteiger charge is -1.98. The van der Waals surface area contributed by atoms with Crippen molar-refractivity contribution < 1.29 is 14.6 Å². The van der Waals surface area contributed by atoms with Crippen LogP contribution >= 0.6 is 0 Å². The molecule has 0 aliphatic carbocycles. The highest BCUT2D eigenvalue weighted by molar-refractivity contribution is 5.92. The predicted octanol–water partition coefficient (Wildman–Crippen LogP) is 1.14. The fourth-order valence-corrected chi connectivity index (χ4v) is 0.755. The van der Waals surface area contributed by atoms with Crippen LogP contribution in [0.15, 0.2) is 24.3 Å². The van der Waals surface area contributed by atoms with Crippen LogP contribution in [0.4, 0.5) is 0 Å². The number of phenols is 1. The van der Waals surface area contributed by atoms with Crippen LogP contribution in [0.1, 0.15) is 10.4 Å². The van der Waals surface area contributed by atoms with Gasteiger partial charge in [-0.25, -0.2) is 4.79 Å². The molecule has 0 aliphatic rings. The molecule has 0 aliphatic heterocycles. The van der Waals surface area contributed by atoms with Crippen molar-refractivity contribution in [2.24, 2.45) is 0 Å². The standard InChI is InChI=1S/C9H6O3/c1-2-12-9(11)7-5-3-4-6-8(7)10/h1,3-6,10H. The molecule has 60 valence electrons. The number of phenolic OH excluding ortho intramolecular Hbond substituents is 1. The van der Waals surface area contributed by atoms with Crippen molar-refractivity contribution >= 4 is 5.97 Å². The van der Waals surface area contributed by atoms with Crippen molar-refractivity contribution in [2.45, 2.75) is 0 Å². The SMILES string of the molecule is C#COC(=O)c1ccccc1O. The number of benzene rings is 1. The normalized spacial score (nSPS) is 8.58. The quantitative estimate of drug-likeness (QED) is 0.497. The average molecular weight is 162 g/mol. The van der Waals surface area contributed by atoms with E-state index in [1.165, 1.54) is 12.1 Å². The molecule has 1 N–H and O–H groups in total. The first-order valence-corrected chi connectivity index (χ1v) is 3.20. The van der Waals surface area contributed by atoms with Gasteiger partial charge in [0, 0.05) is 0 Å². The Labute approximate surface area is 69.6 Å². The maximum atomic E-state index is 10.9. The number of carbonyl (C=O) groups excluding carboxylic acids is 1. The van der Waals surface area contributed by atoms with Crippen LogP contribution in [-0.4, -0.2) is 11.1 Å². The predicted molar refractivity (Wildman–Crippen MR) is 42.4 cm³/mol. The van der Waals surface area contributed by atoms with Gasteiger partial charge in [-0.1, -0.05) is 18.6 Å². The van der Waals surface area contributed by atoms with E-state index < -0.39 is 5.97 Å². The van der Waals surface area contributed by atoms with E-state index in [2.05, 4.69) is 4.74 Å². The summed E-state index contributed by atoms with van der Waals surface area (Å²) in [5, 5.41) is 9.14. The number of carbonyl (C=O) groups is 1. The molecule has 0 fully saturated rings. The van der Waals surface area contributed by atoms with Crippen molar-refractivity contribution in [3.63, 3.8) is 0 Å². The average Bonchev–Trinajstić information content (AvgIpc) is 2.05. The zero-order chi connectivity index (χ0) is 8.97. The maximum absolute atomic E-state index is 10.9. The van der Waals surface area contributed by atoms with Gasteiger partial charge in [0.1, 0.15) is 17.4 Å². The molecular weight excluding hydrogens is 156 g/mol. The van der Waals surface area contributed by atoms with Gasteiger partial charge in [0.25, 0.3) is 0 Å². The van der Waals surface area contributed by atoms with Crippen LogP contribution in [0, 0.1) is 12.5 Å². The van der Waals surface area contributed by atoms with Gasteiger partial charge in [-0.15, -0.1) is 0 Å². The molecule has 0 saturated heterocycles. The van der Waals surface area contributed by atoms with Gasteiger partial charge >= 0.3 is 5.97 Å². The molecule has 3 nitrogen and oxygen atoms in total. The topological polar surface area (TPSA) is 46.5 Å². The van der Waals surface area contributed by atoms with E-state index in [1.54, 1.807) is 18.2 Å². The molecule has 0 spiro atoms. The minimum atomic E-state index is -0.726. The molecule has 3 heteroatoms. The van der Waals surface area contributed by atoms with E-state index in [0.717, 1.165) is 0 Å². The number of hydrogen-bond donors (Lipinski definition) is 1. The molecule has 1 rings (SSSR count). The van der Waals surface area contributed by atoms with Crippen LogP contribution in [0.2, 0.25) is 0 Å². The smallest absolute Gasteiger partial charge is 0.355 e. The number of ether oxygens (including phenoxy) is 1. The molecule has 0 atom stereocenters. The Kier molecular flexibility index (Phi) is 2.34. The van der Waals surface area contributed by atoms with E-state index in [-0.39, 0.29) is 11.3 Å². The van der Waals surface area contributed by atoms with E-state index in [9.17, 15) is 4.79 Å². The Hall–Kier alpha value is -1.95. The fraction of sp³-hybridized carbons (Fsp3) is 0. The number of hydrogen-bond acceptors (Lipinski definition) is 3. The van der Waals surface area contributed by atoms with Gasteiger partial charge in [0.05, 0.1) is 0 Å². The van der Waals surface area contributed by atoms with Crippen molar-refractivity contribution in [2.75, 3.05) is 0 Å². The Bertz CT molecular complexity index is 336. The summed E-state index contributed by atoms with van der Waals surface area (Å²) in [7, 11) is 0. The van der Waals surface area contributed by atoms with Crippen LogP contribution in [0.5, 0.6) is 5.75 Å². The maximum Gasteiger partial charge on any atom is 0.355 e. The first-order chi connectivity index (χ1) is 5.75. The first-order valence-electron chi connectivity index (χ1n) is 3.20. The van der Waals surface area contributed by atoms with Crippen LogP contribution in [0.25, 0.3) is 0 Å². The second-order valence-corrected chi connectivity index (χ2v) is 2.02. The summed E-state index contributed by atoms with van der Waals surface area (Å²) in [4.78, 5) is 10.9. The van der Waals surface area contributed by atoms with Crippen molar-refractivity contribution in [1.29, 1.82) is 0 Å². The van der Waals surface area contributed by atoms with Crippen molar-refractivity contribution in [1.82, 2.24) is 0 Å². The molecule has 0 amide bonds. The zero-order valence-corrected chi connectivity index (χ0v) is 6.15. The summed E-state index contributed by atoms with van der Waals surface area (Å²) in [5.41, 5.74) is 0.0652. The molecule has 0 heterocycles. The van der Waals surface area contributed by atoms with Gasteiger partial charge in [-0.2, -0.15) is 0 Å². The molecule has 0 radical (unpaired) electrons. The Morgan fingerprint density at radius 1 is 1.50 bits per heavy atom. The minimum absolute atomic E-state index is 0.0652. The van der Waals surface area contributed by atoms with Crippen molar-refractivity contribution in [3.05, 3.63) is 29.8 Å². The Morgan fingerprint density at radius 3 is 2.75 bits per heavy atom. The van der Waals surface area contributed by atoms with E-state index >= 15 is 0 Å². The first kappa shape index (κ1) is 8.15. The lowest BCUT2D eigenvalue weighted by Crippen LogP contribution is -2.00. The van der Waals surface area contributed by atoms with Gasteiger partial charge in [0.15, 0.2) is 0 Å². The number of para-hydroxylation sites is 1. The molecule has 0 saturated carbocycles. The van der Waals surface area contributed by atoms with Gasteiger partial charge in [-0.3, -0.25) is 0 Å². The second kappa shape index (κ2) is 3.44. The summed E-state index contributed by atoms with van der Waals surface area (Å²) in [6, 6.07) is 6.01. The zero-order valence-electron chi connectivity index (χ0n) is 6.15. The molecule has 1 aromatic carbocycles. The number of aromatic hydroxyl groups is 1. The summed E-state index contributed by atoms with van der Waals surface area (Å²) in [6.07, 6.45) is 6.47. The van der Waals surface area contributed by atoms with Crippen LogP contribution in [0.3, 0.4) is 0 Å². The molecule has 0 aromatic heterocycles. The van der Waals surface area contributed by atoms with Crippen molar-refractivity contribution in [3.8, 4) is 18.3 Å². The summed E-state index contributed by atoms with van der Waals surface area (Å²) in [6.45, 7) is 0. The Balaban J connectivity index is 2.97. The van der Waals surface area contributed by atoms with E-state index in [0.29, 0.717) is 0 Å². The van der Waals surface area contributed by atoms with Gasteiger partial charge in [0.2, 0.25) is 0 Å². The Morgan fingerprint density at radius 2 is 2.17 bits per heavy atom. The monoisotopic (exact) mass is 162 g/mol. The third-order valence-electron chi connectivity index (χ3n) is 1.28. The number of rotatable bonds is 1. The van der Waals surface area contributed by atoms with Crippen LogP contribution < -0.4 is 0 Å². The molecule has 0 unspecified atom stereocenters. The van der Waals surface area contributed by atoms with E-state index in [1.807, 2.05) is 0 Å². The highest BCUT2D eigenvalue weighted by Crippen LogP contribution is 2.15. The molecular formula is C9H6O3. The number of terminal acetylenes is 1. The number of esters is 1. The lowest BCUT2D eigenvalue weighted by atomic mass is 10.2. The largest absolute Gasteiger partial charge is 0.507 e. The lowest BCUT2D eigenvalue weighted by molar-refractivity contribution is 0.0688. The highest BCUT2D eigenvalue weighted by Gasteiger charge is 2.09. The molecule has 1 aromatic rings. The third-order valence-corrected chi connectivity index (χ3v) is 1.28. The van der Waals surface area contributed by atoms with Gasteiger partial charge < -0.3 is 9.84 Å². The highest BCUT2D eigenvalue weighted by atomic mass is 16.5. The van der Waals surface area contributed by atoms with E-state index in [4.69, 9.17) is 11.5 Å². The molecule has 12 heavy (non-hydrogen) atoms. The summed E-state index contributed by atoms with van der Waals surface area (Å²) in [5.74, 6) is -0.867. The molecule has 0 bridgehead atoms. The third kappa shape index (κ3) is 1.55. The summed E-state index contributed by atoms with van der Waals surface area (Å²) >= 11 is 0. The minimum Gasteiger partial charge on any atom is -0.507 e. The second-order valence-electron chi connectivity index (χ2n) is 2.02. The summed E-state index contributed by atoms with van der Waals surface area (Å²) < 4.78 is 4.24. The van der Waals surface area contributed by atoms with Crippen LogP contribution in [-0.2, 0) is 4.74 Å². The van der Waals surface area contributed by atoms with Gasteiger partial charge in [-0.05, 0) is 12.1 Å².